The van der Waals surface area contributed by atoms with Gasteiger partial charge in [-0.05, 0) is 51.8 Å². The Bertz CT molecular complexity index is 954. The number of nitrogens with one attached hydrogen (secondary N) is 2. The largest absolute Gasteiger partial charge is 0.385 e. The summed E-state index contributed by atoms with van der Waals surface area (Å²) in [5.74, 6) is 0.286. The Labute approximate surface area is 197 Å². The quantitative estimate of drug-likeness (QED) is 0.580. The summed E-state index contributed by atoms with van der Waals surface area (Å²) in [6.45, 7) is 14.8. The molecule has 0 atom stereocenters. The molecule has 2 aromatic rings. The fourth-order valence-electron chi connectivity index (χ4n) is 3.20. The van der Waals surface area contributed by atoms with Crippen LogP contribution in [-0.2, 0) is 14.9 Å². The van der Waals surface area contributed by atoms with Crippen LogP contribution in [-0.4, -0.2) is 59.0 Å². The Balaban J connectivity index is 2.27. The van der Waals surface area contributed by atoms with Gasteiger partial charge >= 0.3 is 6.03 Å². The van der Waals surface area contributed by atoms with E-state index in [4.69, 9.17) is 9.84 Å². The van der Waals surface area contributed by atoms with Crippen molar-refractivity contribution in [2.24, 2.45) is 0 Å². The number of nitrogens with zero attached hydrogens (tertiary/aromatic N) is 3. The predicted molar refractivity (Wildman–Crippen MR) is 132 cm³/mol. The summed E-state index contributed by atoms with van der Waals surface area (Å²) in [6.07, 6.45) is 0.636. The smallest absolute Gasteiger partial charge is 0.318 e. The fraction of sp³-hybridized carbons (Fsp3) is 0.560. The minimum atomic E-state index is -0.404. The van der Waals surface area contributed by atoms with E-state index in [9.17, 15) is 9.59 Å². The topological polar surface area (TPSA) is 88.5 Å². The van der Waals surface area contributed by atoms with Crippen molar-refractivity contribution in [3.05, 3.63) is 41.6 Å². The van der Waals surface area contributed by atoms with Gasteiger partial charge < -0.3 is 20.3 Å². The van der Waals surface area contributed by atoms with E-state index < -0.39 is 5.54 Å². The molecule has 1 aromatic carbocycles. The molecule has 0 aliphatic heterocycles. The summed E-state index contributed by atoms with van der Waals surface area (Å²) in [5, 5.41) is 10.7. The maximum Gasteiger partial charge on any atom is 0.318 e. The average molecular weight is 458 g/mol. The van der Waals surface area contributed by atoms with Gasteiger partial charge in [-0.1, -0.05) is 32.9 Å². The number of aryl methyl sites for hydroxylation is 1. The monoisotopic (exact) mass is 457 g/mol. The van der Waals surface area contributed by atoms with Crippen molar-refractivity contribution in [2.75, 3.05) is 32.1 Å². The third kappa shape index (κ3) is 8.20. The highest BCUT2D eigenvalue weighted by Gasteiger charge is 2.24. The second kappa shape index (κ2) is 10.8. The van der Waals surface area contributed by atoms with E-state index in [0.29, 0.717) is 25.4 Å². The molecule has 3 amide bonds. The van der Waals surface area contributed by atoms with Crippen LogP contribution in [0, 0.1) is 6.92 Å². The van der Waals surface area contributed by atoms with Crippen molar-refractivity contribution in [1.82, 2.24) is 20.0 Å². The van der Waals surface area contributed by atoms with Crippen molar-refractivity contribution < 1.29 is 14.3 Å². The molecule has 8 heteroatoms. The molecule has 8 nitrogen and oxygen atoms in total. The first-order chi connectivity index (χ1) is 15.3. The summed E-state index contributed by atoms with van der Waals surface area (Å²) >= 11 is 0. The molecular formula is C25H39N5O3. The summed E-state index contributed by atoms with van der Waals surface area (Å²) in [6, 6.07) is 9.56. The van der Waals surface area contributed by atoms with Gasteiger partial charge in [0.2, 0.25) is 5.91 Å². The molecule has 0 bridgehead atoms. The zero-order valence-electron chi connectivity index (χ0n) is 21.3. The Morgan fingerprint density at radius 2 is 1.82 bits per heavy atom. The summed E-state index contributed by atoms with van der Waals surface area (Å²) in [4.78, 5) is 27.3. The highest BCUT2D eigenvalue weighted by molar-refractivity contribution is 5.94. The number of methoxy groups -OCH3 is 1. The van der Waals surface area contributed by atoms with E-state index in [0.717, 1.165) is 16.9 Å². The SMILES string of the molecule is COCCCN(CC(=O)Nc1cc(C(C)(C)C)nn1-c1cccc(C)c1)C(=O)NC(C)(C)C. The van der Waals surface area contributed by atoms with Gasteiger partial charge in [-0.15, -0.1) is 0 Å². The second-order valence-electron chi connectivity index (χ2n) is 10.4. The molecule has 0 aliphatic carbocycles. The van der Waals surface area contributed by atoms with Gasteiger partial charge in [0.1, 0.15) is 12.4 Å². The number of carbonyl (C=O) groups is 2. The normalized spacial score (nSPS) is 11.9. The highest BCUT2D eigenvalue weighted by atomic mass is 16.5. The van der Waals surface area contributed by atoms with Crippen molar-refractivity contribution in [1.29, 1.82) is 0 Å². The number of anilines is 1. The van der Waals surface area contributed by atoms with E-state index in [-0.39, 0.29) is 23.9 Å². The summed E-state index contributed by atoms with van der Waals surface area (Å²) < 4.78 is 6.86. The van der Waals surface area contributed by atoms with Crippen LogP contribution in [0.5, 0.6) is 0 Å². The van der Waals surface area contributed by atoms with Crippen molar-refractivity contribution >= 4 is 17.8 Å². The van der Waals surface area contributed by atoms with Gasteiger partial charge in [-0.2, -0.15) is 5.10 Å². The fourth-order valence-corrected chi connectivity index (χ4v) is 3.20. The molecule has 182 valence electrons. The standard InChI is InChI=1S/C25H39N5O3/c1-18-11-9-12-19(15-18)30-21(16-20(28-30)24(2,3)4)26-22(31)17-29(13-10-14-33-8)23(32)27-25(5,6)7/h9,11-12,15-16H,10,13-14,17H2,1-8H3,(H,26,31)(H,27,32). The first-order valence-electron chi connectivity index (χ1n) is 11.3. The van der Waals surface area contributed by atoms with Gasteiger partial charge in [0.05, 0.1) is 11.4 Å². The minimum Gasteiger partial charge on any atom is -0.385 e. The van der Waals surface area contributed by atoms with Crippen LogP contribution in [0.2, 0.25) is 0 Å². The van der Waals surface area contributed by atoms with E-state index in [1.165, 1.54) is 4.90 Å². The van der Waals surface area contributed by atoms with Gasteiger partial charge in [0.25, 0.3) is 0 Å². The molecule has 1 heterocycles. The zero-order chi connectivity index (χ0) is 24.8. The first kappa shape index (κ1) is 26.4. The summed E-state index contributed by atoms with van der Waals surface area (Å²) in [7, 11) is 1.62. The third-order valence-corrected chi connectivity index (χ3v) is 4.87. The van der Waals surface area contributed by atoms with Gasteiger partial charge in [0.15, 0.2) is 0 Å². The summed E-state index contributed by atoms with van der Waals surface area (Å²) in [5.41, 5.74) is 2.23. The number of hydrogen-bond donors (Lipinski definition) is 2. The molecule has 0 spiro atoms. The lowest BCUT2D eigenvalue weighted by molar-refractivity contribution is -0.116. The molecule has 2 rings (SSSR count). The number of amides is 3. The number of ether oxygens (including phenoxy) is 1. The van der Waals surface area contributed by atoms with Crippen molar-refractivity contribution in [3.63, 3.8) is 0 Å². The first-order valence-corrected chi connectivity index (χ1v) is 11.3. The Morgan fingerprint density at radius 3 is 2.39 bits per heavy atom. The van der Waals surface area contributed by atoms with E-state index >= 15 is 0 Å². The lowest BCUT2D eigenvalue weighted by atomic mass is 9.92. The molecule has 1 aromatic heterocycles. The van der Waals surface area contributed by atoms with E-state index in [1.54, 1.807) is 11.8 Å². The number of aromatic nitrogens is 2. The zero-order valence-corrected chi connectivity index (χ0v) is 21.3. The molecule has 0 aliphatic rings. The Hall–Kier alpha value is -2.87. The van der Waals surface area contributed by atoms with Crippen molar-refractivity contribution in [3.8, 4) is 5.69 Å². The van der Waals surface area contributed by atoms with Crippen LogP contribution in [0.15, 0.2) is 30.3 Å². The number of rotatable bonds is 8. The van der Waals surface area contributed by atoms with Crippen molar-refractivity contribution in [2.45, 2.75) is 65.8 Å². The van der Waals surface area contributed by atoms with E-state index in [2.05, 4.69) is 31.4 Å². The van der Waals surface area contributed by atoms with E-state index in [1.807, 2.05) is 58.0 Å². The van der Waals surface area contributed by atoms with Gasteiger partial charge in [-0.25, -0.2) is 9.48 Å². The maximum absolute atomic E-state index is 13.0. The van der Waals surface area contributed by atoms with Crippen LogP contribution < -0.4 is 10.6 Å². The van der Waals surface area contributed by atoms with Crippen LogP contribution in [0.3, 0.4) is 0 Å². The number of urea groups is 1. The molecule has 33 heavy (non-hydrogen) atoms. The molecule has 0 saturated carbocycles. The van der Waals surface area contributed by atoms with Crippen LogP contribution in [0.25, 0.3) is 5.69 Å². The van der Waals surface area contributed by atoms with Gasteiger partial charge in [-0.3, -0.25) is 4.79 Å². The average Bonchev–Trinajstić information content (AvgIpc) is 3.10. The maximum atomic E-state index is 13.0. The van der Waals surface area contributed by atoms with Gasteiger partial charge in [0, 0.05) is 37.3 Å². The predicted octanol–water partition coefficient (Wildman–Crippen LogP) is 4.26. The highest BCUT2D eigenvalue weighted by Crippen LogP contribution is 2.26. The number of carbonyl (C=O) groups excluding carboxylic acids is 2. The number of hydrogen-bond acceptors (Lipinski definition) is 4. The van der Waals surface area contributed by atoms with Crippen LogP contribution in [0.4, 0.5) is 10.6 Å². The lowest BCUT2D eigenvalue weighted by Crippen LogP contribution is -2.50. The molecular weight excluding hydrogens is 418 g/mol. The Kier molecular flexibility index (Phi) is 8.66. The Morgan fingerprint density at radius 1 is 1.12 bits per heavy atom. The molecule has 0 radical (unpaired) electrons. The lowest BCUT2D eigenvalue weighted by Gasteiger charge is -2.28. The van der Waals surface area contributed by atoms with Crippen LogP contribution in [0.1, 0.15) is 59.2 Å². The number of benzene rings is 1. The second-order valence-corrected chi connectivity index (χ2v) is 10.4. The molecule has 2 N–H and O–H groups in total. The van der Waals surface area contributed by atoms with Crippen LogP contribution >= 0.6 is 0 Å². The molecule has 0 saturated heterocycles. The minimum absolute atomic E-state index is 0.0739. The molecule has 0 unspecified atom stereocenters. The molecule has 0 fully saturated rings. The third-order valence-electron chi connectivity index (χ3n) is 4.87.